The Balaban J connectivity index is 1.56. The highest BCUT2D eigenvalue weighted by atomic mass is 32.2. The first-order chi connectivity index (χ1) is 14.4. The van der Waals surface area contributed by atoms with Crippen molar-refractivity contribution >= 4 is 15.9 Å². The van der Waals surface area contributed by atoms with Gasteiger partial charge in [-0.3, -0.25) is 4.79 Å². The van der Waals surface area contributed by atoms with Crippen LogP contribution in [0.25, 0.3) is 0 Å². The third kappa shape index (κ3) is 3.59. The lowest BCUT2D eigenvalue weighted by Crippen LogP contribution is -2.48. The van der Waals surface area contributed by atoms with Crippen LogP contribution < -0.4 is 10.1 Å². The molecule has 1 saturated heterocycles. The molecule has 160 valence electrons. The van der Waals surface area contributed by atoms with E-state index >= 15 is 0 Å². The van der Waals surface area contributed by atoms with Crippen molar-refractivity contribution in [1.29, 1.82) is 0 Å². The van der Waals surface area contributed by atoms with Crippen molar-refractivity contribution < 1.29 is 22.7 Å². The zero-order valence-electron chi connectivity index (χ0n) is 17.2. The van der Waals surface area contributed by atoms with Crippen LogP contribution in [0.5, 0.6) is 5.75 Å². The molecule has 0 saturated carbocycles. The van der Waals surface area contributed by atoms with E-state index in [4.69, 9.17) is 9.47 Å². The highest BCUT2D eigenvalue weighted by Crippen LogP contribution is 2.43. The van der Waals surface area contributed by atoms with Crippen LogP contribution in [-0.2, 0) is 26.8 Å². The van der Waals surface area contributed by atoms with Crippen molar-refractivity contribution in [1.82, 2.24) is 9.62 Å². The number of sulfonamides is 1. The lowest BCUT2D eigenvalue weighted by molar-refractivity contribution is -0.0892. The molecule has 1 amide bonds. The summed E-state index contributed by atoms with van der Waals surface area (Å²) in [5.41, 5.74) is 2.20. The van der Waals surface area contributed by atoms with E-state index in [0.717, 1.165) is 17.7 Å². The fraction of sp³-hybridized carbons (Fsp3) is 0.409. The molecule has 0 aromatic heterocycles. The molecule has 4 rings (SSSR count). The topological polar surface area (TPSA) is 84.9 Å². The first-order valence-corrected chi connectivity index (χ1v) is 11.5. The number of carbonyl (C=O) groups excluding carboxylic acids is 1. The molecule has 2 aromatic carbocycles. The second-order valence-corrected chi connectivity index (χ2v) is 9.56. The Labute approximate surface area is 177 Å². The molecular formula is C22H26N2O5S. The van der Waals surface area contributed by atoms with Gasteiger partial charge in [-0.2, -0.15) is 4.31 Å². The number of ether oxygens (including phenoxy) is 2. The monoisotopic (exact) mass is 430 g/mol. The van der Waals surface area contributed by atoms with Crippen LogP contribution in [0.1, 0.15) is 34.3 Å². The van der Waals surface area contributed by atoms with E-state index < -0.39 is 15.6 Å². The largest absolute Gasteiger partial charge is 0.497 e. The minimum Gasteiger partial charge on any atom is -0.497 e. The predicted molar refractivity (Wildman–Crippen MR) is 112 cm³/mol. The highest BCUT2D eigenvalue weighted by molar-refractivity contribution is 7.89. The molecule has 1 spiro atoms. The van der Waals surface area contributed by atoms with E-state index in [-0.39, 0.29) is 10.8 Å². The number of nitrogens with zero attached hydrogens (tertiary/aromatic N) is 1. The maximum atomic E-state index is 13.2. The van der Waals surface area contributed by atoms with Gasteiger partial charge in [-0.15, -0.1) is 0 Å². The molecule has 0 bridgehead atoms. The van der Waals surface area contributed by atoms with Crippen LogP contribution in [0.2, 0.25) is 0 Å². The number of rotatable bonds is 4. The molecular weight excluding hydrogens is 404 g/mol. The van der Waals surface area contributed by atoms with Gasteiger partial charge in [0.05, 0.1) is 24.2 Å². The fourth-order valence-corrected chi connectivity index (χ4v) is 5.86. The second-order valence-electron chi connectivity index (χ2n) is 7.63. The third-order valence-corrected chi connectivity index (χ3v) is 7.94. The standard InChI is InChI=1S/C22H26N2O5S/c1-23-21(25)17-4-3-5-19(15-17)30(26,27)24-11-9-22(10-12-24)20-7-6-18(28-2)14-16(20)8-13-29-22/h3-7,14-15H,8-13H2,1-2H3,(H,23,25). The smallest absolute Gasteiger partial charge is 0.251 e. The summed E-state index contributed by atoms with van der Waals surface area (Å²) in [7, 11) is -0.521. The summed E-state index contributed by atoms with van der Waals surface area (Å²) in [4.78, 5) is 12.0. The number of fused-ring (bicyclic) bond motifs is 2. The van der Waals surface area contributed by atoms with Gasteiger partial charge in [0.15, 0.2) is 0 Å². The molecule has 0 atom stereocenters. The van der Waals surface area contributed by atoms with Crippen LogP contribution in [0.15, 0.2) is 47.4 Å². The van der Waals surface area contributed by atoms with Gasteiger partial charge in [0, 0.05) is 25.7 Å². The lowest BCUT2D eigenvalue weighted by atomic mass is 9.80. The van der Waals surface area contributed by atoms with Gasteiger partial charge in [-0.25, -0.2) is 8.42 Å². The Morgan fingerprint density at radius 3 is 2.63 bits per heavy atom. The number of carbonyl (C=O) groups is 1. The molecule has 1 N–H and O–H groups in total. The third-order valence-electron chi connectivity index (χ3n) is 6.04. The first-order valence-electron chi connectivity index (χ1n) is 10.0. The summed E-state index contributed by atoms with van der Waals surface area (Å²) in [5.74, 6) is 0.508. The Morgan fingerprint density at radius 1 is 1.17 bits per heavy atom. The van der Waals surface area contributed by atoms with Gasteiger partial charge in [0.1, 0.15) is 5.75 Å². The summed E-state index contributed by atoms with van der Waals surface area (Å²) in [6.07, 6.45) is 1.99. The van der Waals surface area contributed by atoms with E-state index in [1.807, 2.05) is 18.2 Å². The van der Waals surface area contributed by atoms with E-state index in [1.54, 1.807) is 19.2 Å². The zero-order chi connectivity index (χ0) is 21.4. The van der Waals surface area contributed by atoms with Gasteiger partial charge in [-0.05, 0) is 60.7 Å². The summed E-state index contributed by atoms with van der Waals surface area (Å²) in [6.45, 7) is 1.33. The van der Waals surface area contributed by atoms with Crippen molar-refractivity contribution in [3.05, 3.63) is 59.2 Å². The number of methoxy groups -OCH3 is 1. The number of benzene rings is 2. The quantitative estimate of drug-likeness (QED) is 0.805. The summed E-state index contributed by atoms with van der Waals surface area (Å²) >= 11 is 0. The Hall–Kier alpha value is -2.42. The van der Waals surface area contributed by atoms with Gasteiger partial charge >= 0.3 is 0 Å². The van der Waals surface area contributed by atoms with E-state index in [0.29, 0.717) is 38.1 Å². The van der Waals surface area contributed by atoms with E-state index in [9.17, 15) is 13.2 Å². The zero-order valence-corrected chi connectivity index (χ0v) is 18.0. The van der Waals surface area contributed by atoms with Crippen LogP contribution >= 0.6 is 0 Å². The van der Waals surface area contributed by atoms with Crippen molar-refractivity contribution in [2.75, 3.05) is 33.9 Å². The van der Waals surface area contributed by atoms with Gasteiger partial charge in [0.2, 0.25) is 10.0 Å². The highest BCUT2D eigenvalue weighted by Gasteiger charge is 2.43. The molecule has 2 aromatic rings. The number of piperidine rings is 1. The van der Waals surface area contributed by atoms with Crippen LogP contribution in [0, 0.1) is 0 Å². The number of amides is 1. The number of hydrogen-bond donors (Lipinski definition) is 1. The van der Waals surface area contributed by atoms with E-state index in [1.165, 1.54) is 29.0 Å². The Kier molecular flexibility index (Phi) is 5.57. The molecule has 30 heavy (non-hydrogen) atoms. The molecule has 0 radical (unpaired) electrons. The summed E-state index contributed by atoms with van der Waals surface area (Å²) in [5, 5.41) is 2.52. The van der Waals surface area contributed by atoms with Gasteiger partial charge < -0.3 is 14.8 Å². The molecule has 2 heterocycles. The minimum atomic E-state index is -3.69. The van der Waals surface area contributed by atoms with Gasteiger partial charge in [-0.1, -0.05) is 12.1 Å². The van der Waals surface area contributed by atoms with Crippen molar-refractivity contribution in [2.24, 2.45) is 0 Å². The fourth-order valence-electron chi connectivity index (χ4n) is 4.38. The van der Waals surface area contributed by atoms with Crippen LogP contribution in [0.3, 0.4) is 0 Å². The molecule has 2 aliphatic heterocycles. The van der Waals surface area contributed by atoms with Crippen molar-refractivity contribution in [3.8, 4) is 5.75 Å². The first kappa shape index (κ1) is 20.8. The molecule has 0 unspecified atom stereocenters. The molecule has 7 nitrogen and oxygen atoms in total. The normalized spacial score (nSPS) is 18.6. The maximum Gasteiger partial charge on any atom is 0.251 e. The Morgan fingerprint density at radius 2 is 1.93 bits per heavy atom. The number of hydrogen-bond acceptors (Lipinski definition) is 5. The molecule has 1 fully saturated rings. The van der Waals surface area contributed by atoms with Crippen molar-refractivity contribution in [3.63, 3.8) is 0 Å². The van der Waals surface area contributed by atoms with Crippen molar-refractivity contribution in [2.45, 2.75) is 29.8 Å². The SMILES string of the molecule is CNC(=O)c1cccc(S(=O)(=O)N2CCC3(CC2)OCCc2cc(OC)ccc23)c1. The number of nitrogens with one attached hydrogen (secondary N) is 1. The van der Waals surface area contributed by atoms with Crippen LogP contribution in [-0.4, -0.2) is 52.5 Å². The molecule has 2 aliphatic rings. The average molecular weight is 431 g/mol. The maximum absolute atomic E-state index is 13.2. The van der Waals surface area contributed by atoms with Crippen LogP contribution in [0.4, 0.5) is 0 Å². The second kappa shape index (κ2) is 8.02. The molecule has 8 heteroatoms. The van der Waals surface area contributed by atoms with Gasteiger partial charge in [0.25, 0.3) is 5.91 Å². The Bertz CT molecular complexity index is 1060. The summed E-state index contributed by atoms with van der Waals surface area (Å²) < 4.78 is 39.4. The van der Waals surface area contributed by atoms with E-state index in [2.05, 4.69) is 5.32 Å². The minimum absolute atomic E-state index is 0.134. The average Bonchev–Trinajstić information content (AvgIpc) is 2.79. The molecule has 0 aliphatic carbocycles. The summed E-state index contributed by atoms with van der Waals surface area (Å²) in [6, 6.07) is 12.2. The lowest BCUT2D eigenvalue weighted by Gasteiger charge is -2.44. The predicted octanol–water partition coefficient (Wildman–Crippen LogP) is 2.31.